The third-order valence-electron chi connectivity index (χ3n) is 3.50. The first-order valence-corrected chi connectivity index (χ1v) is 6.13. The highest BCUT2D eigenvalue weighted by molar-refractivity contribution is 5.97. The predicted octanol–water partition coefficient (Wildman–Crippen LogP) is 3.40. The Morgan fingerprint density at radius 1 is 1.38 bits per heavy atom. The Bertz CT molecular complexity index is 369. The Balaban J connectivity index is 2.09. The van der Waals surface area contributed by atoms with Gasteiger partial charge in [-0.15, -0.1) is 0 Å². The van der Waals surface area contributed by atoms with Gasteiger partial charge in [-0.25, -0.2) is 0 Å². The fraction of sp³-hybridized carbons (Fsp3) is 0.571. The maximum atomic E-state index is 12.2. The second-order valence-electron chi connectivity index (χ2n) is 5.02. The van der Waals surface area contributed by atoms with Crippen LogP contribution >= 0.6 is 0 Å². The number of hydrogen-bond donors (Lipinski definition) is 0. The number of carbonyl (C=O) groups excluding carboxylic acids is 1. The maximum Gasteiger partial charge on any atom is 0.167 e. The van der Waals surface area contributed by atoms with Crippen LogP contribution in [-0.2, 0) is 0 Å². The summed E-state index contributed by atoms with van der Waals surface area (Å²) < 4.78 is 0. The van der Waals surface area contributed by atoms with E-state index in [1.165, 1.54) is 12.8 Å². The monoisotopic (exact) mass is 217 g/mol. The Labute approximate surface area is 97.1 Å². The Hall–Kier alpha value is -1.18. The van der Waals surface area contributed by atoms with Crippen LogP contribution in [-0.4, -0.2) is 10.8 Å². The van der Waals surface area contributed by atoms with Gasteiger partial charge in [0.2, 0.25) is 0 Å². The van der Waals surface area contributed by atoms with Crippen molar-refractivity contribution in [3.8, 4) is 0 Å². The lowest BCUT2D eigenvalue weighted by molar-refractivity contribution is 0.0868. The second-order valence-corrected chi connectivity index (χ2v) is 5.02. The lowest BCUT2D eigenvalue weighted by Crippen LogP contribution is -2.22. The van der Waals surface area contributed by atoms with Gasteiger partial charge in [-0.2, -0.15) is 0 Å². The van der Waals surface area contributed by atoms with Gasteiger partial charge in [-0.1, -0.05) is 19.8 Å². The van der Waals surface area contributed by atoms with Gasteiger partial charge in [-0.3, -0.25) is 9.78 Å². The highest BCUT2D eigenvalue weighted by Crippen LogP contribution is 2.30. The zero-order valence-electron chi connectivity index (χ0n) is 10.1. The van der Waals surface area contributed by atoms with Crippen LogP contribution in [0.5, 0.6) is 0 Å². The summed E-state index contributed by atoms with van der Waals surface area (Å²) in [5.41, 5.74) is 1.75. The molecule has 2 rings (SSSR count). The molecular weight excluding hydrogens is 198 g/mol. The van der Waals surface area contributed by atoms with Gasteiger partial charge in [0, 0.05) is 23.4 Å². The zero-order valence-corrected chi connectivity index (χ0v) is 10.1. The third kappa shape index (κ3) is 2.49. The largest absolute Gasteiger partial charge is 0.294 e. The fourth-order valence-electron chi connectivity index (χ4n) is 2.52. The molecule has 1 aliphatic carbocycles. The first kappa shape index (κ1) is 11.3. The molecule has 0 bridgehead atoms. The molecule has 1 aromatic heterocycles. The summed E-state index contributed by atoms with van der Waals surface area (Å²) in [4.78, 5) is 16.4. The molecule has 0 amide bonds. The normalized spacial score (nSPS) is 25.4. The van der Waals surface area contributed by atoms with E-state index < -0.39 is 0 Å². The molecule has 2 nitrogen and oxygen atoms in total. The van der Waals surface area contributed by atoms with E-state index >= 15 is 0 Å². The highest BCUT2D eigenvalue weighted by atomic mass is 16.1. The Morgan fingerprint density at radius 3 is 2.81 bits per heavy atom. The number of Topliss-reactive ketones (excluding diaryl/α,β-unsaturated/α-hetero) is 1. The molecular formula is C14H19NO. The van der Waals surface area contributed by atoms with E-state index in [0.717, 1.165) is 24.1 Å². The van der Waals surface area contributed by atoms with Crippen molar-refractivity contribution in [1.82, 2.24) is 4.98 Å². The molecule has 0 saturated heterocycles. The van der Waals surface area contributed by atoms with Crippen LogP contribution in [0.1, 0.15) is 48.7 Å². The fourth-order valence-corrected chi connectivity index (χ4v) is 2.52. The van der Waals surface area contributed by atoms with Crippen molar-refractivity contribution in [2.45, 2.75) is 39.5 Å². The molecule has 0 aliphatic heterocycles. The minimum atomic E-state index is 0.230. The third-order valence-corrected chi connectivity index (χ3v) is 3.50. The molecule has 86 valence electrons. The number of hydrogen-bond acceptors (Lipinski definition) is 2. The smallest absolute Gasteiger partial charge is 0.167 e. The number of aromatic nitrogens is 1. The van der Waals surface area contributed by atoms with E-state index in [2.05, 4.69) is 11.9 Å². The quantitative estimate of drug-likeness (QED) is 0.711. The molecule has 2 atom stereocenters. The minimum absolute atomic E-state index is 0.230. The van der Waals surface area contributed by atoms with Crippen molar-refractivity contribution in [2.75, 3.05) is 0 Å². The molecule has 1 fully saturated rings. The van der Waals surface area contributed by atoms with Crippen molar-refractivity contribution in [2.24, 2.45) is 11.8 Å². The number of aryl methyl sites for hydroxylation is 1. The molecule has 1 aromatic rings. The average molecular weight is 217 g/mol. The van der Waals surface area contributed by atoms with Crippen LogP contribution in [0, 0.1) is 18.8 Å². The SMILES string of the molecule is Cc1ccc(C(=O)C2CCCC(C)C2)cn1. The summed E-state index contributed by atoms with van der Waals surface area (Å²) in [6.07, 6.45) is 6.29. The van der Waals surface area contributed by atoms with Crippen molar-refractivity contribution in [1.29, 1.82) is 0 Å². The molecule has 2 heteroatoms. The molecule has 1 aliphatic rings. The molecule has 2 unspecified atom stereocenters. The van der Waals surface area contributed by atoms with Gasteiger partial charge >= 0.3 is 0 Å². The van der Waals surface area contributed by atoms with E-state index in [1.807, 2.05) is 19.1 Å². The van der Waals surface area contributed by atoms with Gasteiger partial charge in [0.25, 0.3) is 0 Å². The molecule has 1 heterocycles. The first-order chi connectivity index (χ1) is 7.66. The van der Waals surface area contributed by atoms with Crippen molar-refractivity contribution in [3.63, 3.8) is 0 Å². The number of nitrogens with zero attached hydrogens (tertiary/aromatic N) is 1. The number of rotatable bonds is 2. The van der Waals surface area contributed by atoms with E-state index in [9.17, 15) is 4.79 Å². The predicted molar refractivity (Wildman–Crippen MR) is 64.4 cm³/mol. The van der Waals surface area contributed by atoms with E-state index in [0.29, 0.717) is 11.7 Å². The first-order valence-electron chi connectivity index (χ1n) is 6.13. The number of ketones is 1. The zero-order chi connectivity index (χ0) is 11.5. The summed E-state index contributed by atoms with van der Waals surface area (Å²) in [6, 6.07) is 3.82. The summed E-state index contributed by atoms with van der Waals surface area (Å²) in [6.45, 7) is 4.18. The van der Waals surface area contributed by atoms with Crippen LogP contribution in [0.4, 0.5) is 0 Å². The molecule has 0 spiro atoms. The summed E-state index contributed by atoms with van der Waals surface area (Å²) >= 11 is 0. The topological polar surface area (TPSA) is 30.0 Å². The molecule has 1 saturated carbocycles. The van der Waals surface area contributed by atoms with E-state index in [4.69, 9.17) is 0 Å². The molecule has 0 radical (unpaired) electrons. The average Bonchev–Trinajstić information content (AvgIpc) is 2.29. The molecule has 16 heavy (non-hydrogen) atoms. The summed E-state index contributed by atoms with van der Waals surface area (Å²) in [7, 11) is 0. The van der Waals surface area contributed by atoms with Crippen LogP contribution in [0.3, 0.4) is 0 Å². The minimum Gasteiger partial charge on any atom is -0.294 e. The lowest BCUT2D eigenvalue weighted by atomic mass is 9.79. The van der Waals surface area contributed by atoms with Crippen LogP contribution in [0.15, 0.2) is 18.3 Å². The second kappa shape index (κ2) is 4.77. The van der Waals surface area contributed by atoms with Crippen LogP contribution in [0.25, 0.3) is 0 Å². The van der Waals surface area contributed by atoms with Gasteiger partial charge in [0.05, 0.1) is 0 Å². The summed E-state index contributed by atoms with van der Waals surface area (Å²) in [5.74, 6) is 1.22. The Kier molecular flexibility index (Phi) is 3.37. The van der Waals surface area contributed by atoms with Gasteiger partial charge in [0.15, 0.2) is 5.78 Å². The molecule has 0 aromatic carbocycles. The van der Waals surface area contributed by atoms with Gasteiger partial charge < -0.3 is 0 Å². The van der Waals surface area contributed by atoms with E-state index in [-0.39, 0.29) is 5.92 Å². The van der Waals surface area contributed by atoms with Crippen LogP contribution < -0.4 is 0 Å². The maximum absolute atomic E-state index is 12.2. The summed E-state index contributed by atoms with van der Waals surface area (Å²) in [5, 5.41) is 0. The number of carbonyl (C=O) groups is 1. The van der Waals surface area contributed by atoms with Crippen molar-refractivity contribution in [3.05, 3.63) is 29.6 Å². The van der Waals surface area contributed by atoms with Gasteiger partial charge in [-0.05, 0) is 37.8 Å². The van der Waals surface area contributed by atoms with Crippen molar-refractivity contribution >= 4 is 5.78 Å². The van der Waals surface area contributed by atoms with Crippen LogP contribution in [0.2, 0.25) is 0 Å². The number of pyridine rings is 1. The van der Waals surface area contributed by atoms with Crippen molar-refractivity contribution < 1.29 is 4.79 Å². The van der Waals surface area contributed by atoms with Gasteiger partial charge in [0.1, 0.15) is 0 Å². The van der Waals surface area contributed by atoms with E-state index in [1.54, 1.807) is 6.20 Å². The standard InChI is InChI=1S/C14H19NO/c1-10-4-3-5-12(8-10)14(16)13-7-6-11(2)15-9-13/h6-7,9-10,12H,3-5,8H2,1-2H3. The highest BCUT2D eigenvalue weighted by Gasteiger charge is 2.25. The Morgan fingerprint density at radius 2 is 2.19 bits per heavy atom. The molecule has 0 N–H and O–H groups in total. The lowest BCUT2D eigenvalue weighted by Gasteiger charge is -2.25.